The van der Waals surface area contributed by atoms with Crippen LogP contribution in [0.5, 0.6) is 5.75 Å². The lowest BCUT2D eigenvalue weighted by Gasteiger charge is -2.29. The smallest absolute Gasteiger partial charge is 0.343 e. The summed E-state index contributed by atoms with van der Waals surface area (Å²) < 4.78 is 5.62. The van der Waals surface area contributed by atoms with E-state index in [-0.39, 0.29) is 5.97 Å². The highest BCUT2D eigenvalue weighted by molar-refractivity contribution is 5.91. The van der Waals surface area contributed by atoms with Gasteiger partial charge in [0, 0.05) is 0 Å². The van der Waals surface area contributed by atoms with Crippen LogP contribution in [0.3, 0.4) is 0 Å². The molecule has 0 aromatic heterocycles. The number of hydrogen-bond donors (Lipinski definition) is 0. The fraction of sp³-hybridized carbons (Fsp3) is 0.581. The Hall–Kier alpha value is -2.09. The zero-order valence-corrected chi connectivity index (χ0v) is 21.0. The third-order valence-electron chi connectivity index (χ3n) is 7.38. The highest BCUT2D eigenvalue weighted by Crippen LogP contribution is 2.37. The fourth-order valence-corrected chi connectivity index (χ4v) is 5.18. The number of carbonyl (C=O) groups excluding carboxylic acids is 1. The monoisotopic (exact) mass is 448 g/mol. The Morgan fingerprint density at radius 2 is 1.39 bits per heavy atom. The van der Waals surface area contributed by atoms with E-state index in [2.05, 4.69) is 38.1 Å². The predicted molar refractivity (Wildman–Crippen MR) is 139 cm³/mol. The zero-order chi connectivity index (χ0) is 23.3. The van der Waals surface area contributed by atoms with Crippen LogP contribution in [0.2, 0.25) is 0 Å². The highest BCUT2D eigenvalue weighted by Gasteiger charge is 2.22. The molecule has 0 N–H and O–H groups in total. The van der Waals surface area contributed by atoms with Gasteiger partial charge < -0.3 is 4.74 Å². The molecule has 2 nitrogen and oxygen atoms in total. The molecular formula is C31H44O2. The van der Waals surface area contributed by atoms with Crippen molar-refractivity contribution in [1.29, 1.82) is 0 Å². The molecule has 0 radical (unpaired) electrons. The van der Waals surface area contributed by atoms with Crippen molar-refractivity contribution < 1.29 is 9.53 Å². The molecule has 180 valence electrons. The van der Waals surface area contributed by atoms with Gasteiger partial charge in [0.25, 0.3) is 0 Å². The van der Waals surface area contributed by atoms with Gasteiger partial charge in [-0.1, -0.05) is 89.5 Å². The van der Waals surface area contributed by atoms with Crippen molar-refractivity contribution in [2.24, 2.45) is 5.92 Å². The Kier molecular flexibility index (Phi) is 11.0. The van der Waals surface area contributed by atoms with Crippen LogP contribution in [0.4, 0.5) is 0 Å². The van der Waals surface area contributed by atoms with Crippen molar-refractivity contribution >= 4 is 5.97 Å². The van der Waals surface area contributed by atoms with Crippen LogP contribution >= 0.6 is 0 Å². The summed E-state index contributed by atoms with van der Waals surface area (Å²) in [6.07, 6.45) is 18.3. The average Bonchev–Trinajstić information content (AvgIpc) is 2.85. The third kappa shape index (κ3) is 8.65. The minimum absolute atomic E-state index is 0.270. The normalized spacial score (nSPS) is 18.2. The number of benzene rings is 2. The molecule has 0 saturated heterocycles. The maximum absolute atomic E-state index is 12.6. The number of ether oxygens (including phenoxy) is 1. The van der Waals surface area contributed by atoms with Gasteiger partial charge >= 0.3 is 5.97 Å². The molecule has 2 aromatic rings. The van der Waals surface area contributed by atoms with Gasteiger partial charge in [-0.25, -0.2) is 4.79 Å². The summed E-state index contributed by atoms with van der Waals surface area (Å²) in [6.45, 7) is 4.53. The van der Waals surface area contributed by atoms with Crippen LogP contribution in [-0.2, 0) is 6.42 Å². The third-order valence-corrected chi connectivity index (χ3v) is 7.38. The summed E-state index contributed by atoms with van der Waals surface area (Å²) >= 11 is 0. The first-order valence-electron chi connectivity index (χ1n) is 13.6. The lowest BCUT2D eigenvalue weighted by molar-refractivity contribution is 0.0734. The van der Waals surface area contributed by atoms with Gasteiger partial charge in [0.15, 0.2) is 0 Å². The van der Waals surface area contributed by atoms with Crippen LogP contribution in [0, 0.1) is 5.92 Å². The minimum atomic E-state index is -0.270. The van der Waals surface area contributed by atoms with Crippen LogP contribution in [-0.4, -0.2) is 5.97 Å². The van der Waals surface area contributed by atoms with Gasteiger partial charge in [0.2, 0.25) is 0 Å². The number of carbonyl (C=O) groups is 1. The molecule has 3 rings (SSSR count). The molecule has 2 aromatic carbocycles. The standard InChI is InChI=1S/C31H44O2/c1-3-5-7-8-10-12-26-15-23-30(24-16-26)33-31(32)29-21-19-28(20-22-29)27-17-13-25(14-18-27)11-9-6-4-2/h15-16,19-25,27H,3-14,17-18H2,1-2H3. The van der Waals surface area contributed by atoms with Gasteiger partial charge in [-0.15, -0.1) is 0 Å². The summed E-state index contributed by atoms with van der Waals surface area (Å²) in [4.78, 5) is 12.6. The quantitative estimate of drug-likeness (QED) is 0.173. The Morgan fingerprint density at radius 3 is 2.06 bits per heavy atom. The second kappa shape index (κ2) is 14.2. The largest absolute Gasteiger partial charge is 0.423 e. The first-order valence-corrected chi connectivity index (χ1v) is 13.6. The molecule has 0 atom stereocenters. The second-order valence-corrected chi connectivity index (χ2v) is 10.0. The Bertz CT molecular complexity index is 798. The van der Waals surface area contributed by atoms with E-state index >= 15 is 0 Å². The van der Waals surface area contributed by atoms with E-state index in [9.17, 15) is 4.79 Å². The maximum atomic E-state index is 12.6. The Balaban J connectivity index is 1.43. The van der Waals surface area contributed by atoms with E-state index in [1.165, 1.54) is 94.6 Å². The molecule has 0 spiro atoms. The Labute approximate surface area is 202 Å². The molecule has 0 bridgehead atoms. The van der Waals surface area contributed by atoms with Gasteiger partial charge in [0.1, 0.15) is 5.75 Å². The summed E-state index contributed by atoms with van der Waals surface area (Å²) in [5.41, 5.74) is 3.32. The number of unbranched alkanes of at least 4 members (excludes halogenated alkanes) is 6. The molecule has 0 amide bonds. The van der Waals surface area contributed by atoms with Crippen LogP contribution in [0.25, 0.3) is 0 Å². The molecule has 0 unspecified atom stereocenters. The fourth-order valence-electron chi connectivity index (χ4n) is 5.18. The predicted octanol–water partition coefficient (Wildman–Crippen LogP) is 9.27. The van der Waals surface area contributed by atoms with E-state index < -0.39 is 0 Å². The average molecular weight is 449 g/mol. The lowest BCUT2D eigenvalue weighted by Crippen LogP contribution is -2.14. The zero-order valence-electron chi connectivity index (χ0n) is 21.0. The second-order valence-electron chi connectivity index (χ2n) is 10.0. The molecule has 1 fully saturated rings. The van der Waals surface area contributed by atoms with E-state index in [1.54, 1.807) is 0 Å². The molecule has 2 heteroatoms. The molecule has 0 heterocycles. The number of esters is 1. The van der Waals surface area contributed by atoms with Crippen molar-refractivity contribution in [1.82, 2.24) is 0 Å². The van der Waals surface area contributed by atoms with E-state index in [1.807, 2.05) is 24.3 Å². The summed E-state index contributed by atoms with van der Waals surface area (Å²) in [5.74, 6) is 1.93. The van der Waals surface area contributed by atoms with Crippen molar-refractivity contribution in [2.75, 3.05) is 0 Å². The van der Waals surface area contributed by atoms with Crippen molar-refractivity contribution in [3.05, 3.63) is 65.2 Å². The number of rotatable bonds is 13. The molecule has 1 aliphatic rings. The molecule has 0 aliphatic heterocycles. The summed E-state index contributed by atoms with van der Waals surface area (Å²) in [5, 5.41) is 0. The Morgan fingerprint density at radius 1 is 0.758 bits per heavy atom. The number of hydrogen-bond acceptors (Lipinski definition) is 2. The molecule has 1 saturated carbocycles. The van der Waals surface area contributed by atoms with Crippen molar-refractivity contribution in [3.63, 3.8) is 0 Å². The highest BCUT2D eigenvalue weighted by atomic mass is 16.5. The van der Waals surface area contributed by atoms with Crippen LogP contribution in [0.1, 0.15) is 125 Å². The van der Waals surface area contributed by atoms with E-state index in [0.717, 1.165) is 12.3 Å². The minimum Gasteiger partial charge on any atom is -0.423 e. The molecule has 1 aliphatic carbocycles. The lowest BCUT2D eigenvalue weighted by atomic mass is 9.77. The van der Waals surface area contributed by atoms with Gasteiger partial charge in [0.05, 0.1) is 5.56 Å². The SMILES string of the molecule is CCCCCCCc1ccc(OC(=O)c2ccc(C3CCC(CCCCC)CC3)cc2)cc1. The number of aryl methyl sites for hydroxylation is 1. The first kappa shape index (κ1) is 25.5. The topological polar surface area (TPSA) is 26.3 Å². The van der Waals surface area contributed by atoms with Crippen LogP contribution < -0.4 is 4.74 Å². The van der Waals surface area contributed by atoms with E-state index in [0.29, 0.717) is 17.2 Å². The van der Waals surface area contributed by atoms with Crippen LogP contribution in [0.15, 0.2) is 48.5 Å². The summed E-state index contributed by atoms with van der Waals surface area (Å²) in [7, 11) is 0. The summed E-state index contributed by atoms with van der Waals surface area (Å²) in [6, 6.07) is 16.2. The van der Waals surface area contributed by atoms with Gasteiger partial charge in [-0.05, 0) is 85.8 Å². The van der Waals surface area contributed by atoms with Crippen molar-refractivity contribution in [3.8, 4) is 5.75 Å². The maximum Gasteiger partial charge on any atom is 0.343 e. The molecule has 33 heavy (non-hydrogen) atoms. The van der Waals surface area contributed by atoms with E-state index in [4.69, 9.17) is 4.74 Å². The van der Waals surface area contributed by atoms with Gasteiger partial charge in [-0.3, -0.25) is 0 Å². The van der Waals surface area contributed by atoms with Gasteiger partial charge in [-0.2, -0.15) is 0 Å². The van der Waals surface area contributed by atoms with Crippen molar-refractivity contribution in [2.45, 2.75) is 110 Å². The molecular weight excluding hydrogens is 404 g/mol. The first-order chi connectivity index (χ1) is 16.2.